The minimum atomic E-state index is -0.446. The summed E-state index contributed by atoms with van der Waals surface area (Å²) in [6, 6.07) is 5.61. The molecule has 4 nitrogen and oxygen atoms in total. The molecule has 15 heavy (non-hydrogen) atoms. The minimum absolute atomic E-state index is 0.424. The molecule has 1 aromatic rings. The molecule has 0 heterocycles. The van der Waals surface area contributed by atoms with Crippen LogP contribution in [0.4, 0.5) is 11.4 Å². The molecular weight excluding hydrogens is 190 g/mol. The second-order valence-electron chi connectivity index (χ2n) is 4.10. The van der Waals surface area contributed by atoms with E-state index >= 15 is 0 Å². The number of para-hydroxylation sites is 1. The van der Waals surface area contributed by atoms with Gasteiger partial charge in [-0.05, 0) is 24.5 Å². The molecule has 1 fully saturated rings. The highest BCUT2D eigenvalue weighted by atomic mass is 16.1. The van der Waals surface area contributed by atoms with Gasteiger partial charge < -0.3 is 16.8 Å². The fourth-order valence-electron chi connectivity index (χ4n) is 1.65. The molecule has 2 unspecified atom stereocenters. The lowest BCUT2D eigenvalue weighted by Gasteiger charge is -2.12. The summed E-state index contributed by atoms with van der Waals surface area (Å²) >= 11 is 0. The molecule has 80 valence electrons. The monoisotopic (exact) mass is 205 g/mol. The van der Waals surface area contributed by atoms with Crippen molar-refractivity contribution >= 4 is 17.3 Å². The lowest BCUT2D eigenvalue weighted by Crippen LogP contribution is -2.16. The van der Waals surface area contributed by atoms with Crippen molar-refractivity contribution in [3.63, 3.8) is 0 Å². The maximum atomic E-state index is 11.2. The molecule has 0 spiro atoms. The normalized spacial score (nSPS) is 23.5. The molecule has 0 radical (unpaired) electrons. The van der Waals surface area contributed by atoms with Gasteiger partial charge in [0.1, 0.15) is 0 Å². The molecule has 0 saturated heterocycles. The molecule has 5 N–H and O–H groups in total. The molecule has 0 aliphatic heterocycles. The first-order valence-corrected chi connectivity index (χ1v) is 5.04. The Morgan fingerprint density at radius 2 is 2.20 bits per heavy atom. The van der Waals surface area contributed by atoms with Crippen molar-refractivity contribution in [2.45, 2.75) is 19.4 Å². The van der Waals surface area contributed by atoms with Gasteiger partial charge in [-0.15, -0.1) is 0 Å². The van der Waals surface area contributed by atoms with Crippen molar-refractivity contribution in [2.75, 3.05) is 11.1 Å². The number of anilines is 2. The van der Waals surface area contributed by atoms with Crippen LogP contribution in [-0.4, -0.2) is 11.9 Å². The summed E-state index contributed by atoms with van der Waals surface area (Å²) in [4.78, 5) is 11.2. The number of benzene rings is 1. The second kappa shape index (κ2) is 3.46. The van der Waals surface area contributed by atoms with Crippen molar-refractivity contribution in [3.05, 3.63) is 23.8 Å². The third-order valence-electron chi connectivity index (χ3n) is 2.80. The molecule has 1 aromatic carbocycles. The van der Waals surface area contributed by atoms with E-state index in [1.807, 2.05) is 0 Å². The maximum Gasteiger partial charge on any atom is 0.250 e. The molecule has 0 bridgehead atoms. The quantitative estimate of drug-likeness (QED) is 0.648. The van der Waals surface area contributed by atoms with Gasteiger partial charge in [-0.1, -0.05) is 13.0 Å². The number of carbonyl (C=O) groups excluding carboxylic acids is 1. The van der Waals surface area contributed by atoms with Crippen molar-refractivity contribution in [1.29, 1.82) is 0 Å². The number of hydrogen-bond donors (Lipinski definition) is 3. The Balaban J connectivity index is 2.30. The molecule has 1 aliphatic carbocycles. The van der Waals surface area contributed by atoms with Crippen LogP contribution in [0.5, 0.6) is 0 Å². The average Bonchev–Trinajstić information content (AvgIpc) is 2.85. The van der Waals surface area contributed by atoms with Crippen molar-refractivity contribution in [2.24, 2.45) is 11.7 Å². The molecule has 4 heteroatoms. The highest BCUT2D eigenvalue weighted by molar-refractivity contribution is 6.01. The number of hydrogen-bond acceptors (Lipinski definition) is 3. The van der Waals surface area contributed by atoms with Crippen LogP contribution in [0.3, 0.4) is 0 Å². The van der Waals surface area contributed by atoms with Crippen molar-refractivity contribution < 1.29 is 4.79 Å². The lowest BCUT2D eigenvalue weighted by atomic mass is 10.1. The second-order valence-corrected chi connectivity index (χ2v) is 4.10. The third kappa shape index (κ3) is 1.88. The topological polar surface area (TPSA) is 81.1 Å². The molecule has 1 amide bonds. The van der Waals surface area contributed by atoms with Gasteiger partial charge in [-0.2, -0.15) is 0 Å². The van der Waals surface area contributed by atoms with Gasteiger partial charge in [0.2, 0.25) is 0 Å². The van der Waals surface area contributed by atoms with E-state index in [4.69, 9.17) is 11.5 Å². The zero-order chi connectivity index (χ0) is 11.0. The average molecular weight is 205 g/mol. The summed E-state index contributed by atoms with van der Waals surface area (Å²) in [6.07, 6.45) is 1.12. The highest BCUT2D eigenvalue weighted by Gasteiger charge is 2.33. The van der Waals surface area contributed by atoms with Crippen LogP contribution in [-0.2, 0) is 0 Å². The van der Waals surface area contributed by atoms with Crippen LogP contribution >= 0.6 is 0 Å². The maximum absolute atomic E-state index is 11.2. The van der Waals surface area contributed by atoms with E-state index in [-0.39, 0.29) is 0 Å². The molecule has 2 rings (SSSR count). The van der Waals surface area contributed by atoms with Gasteiger partial charge >= 0.3 is 0 Å². The molecule has 1 aliphatic rings. The number of amides is 1. The van der Waals surface area contributed by atoms with Crippen LogP contribution in [0.2, 0.25) is 0 Å². The number of carbonyl (C=O) groups is 1. The predicted octanol–water partition coefficient (Wildman–Crippen LogP) is 1.19. The summed E-state index contributed by atoms with van der Waals surface area (Å²) in [5.74, 6) is 0.198. The number of nitrogens with two attached hydrogens (primary N) is 2. The van der Waals surface area contributed by atoms with Crippen molar-refractivity contribution in [1.82, 2.24) is 0 Å². The zero-order valence-corrected chi connectivity index (χ0v) is 8.66. The molecule has 1 saturated carbocycles. The number of primary amides is 1. The Hall–Kier alpha value is -1.71. The SMILES string of the molecule is CC1CC1Nc1c(N)cccc1C(N)=O. The molecule has 0 aromatic heterocycles. The number of nitrogen functional groups attached to an aromatic ring is 1. The van der Waals surface area contributed by atoms with E-state index in [1.165, 1.54) is 0 Å². The summed E-state index contributed by atoms with van der Waals surface area (Å²) in [5, 5.41) is 3.26. The van der Waals surface area contributed by atoms with E-state index in [0.717, 1.165) is 6.42 Å². The Kier molecular flexibility index (Phi) is 2.26. The number of nitrogens with one attached hydrogen (secondary N) is 1. The third-order valence-corrected chi connectivity index (χ3v) is 2.80. The summed E-state index contributed by atoms with van der Waals surface area (Å²) < 4.78 is 0. The lowest BCUT2D eigenvalue weighted by molar-refractivity contribution is 0.100. The summed E-state index contributed by atoms with van der Waals surface area (Å²) in [7, 11) is 0. The number of rotatable bonds is 3. The van der Waals surface area contributed by atoms with Gasteiger partial charge in [-0.3, -0.25) is 4.79 Å². The highest BCUT2D eigenvalue weighted by Crippen LogP contribution is 2.35. The van der Waals surface area contributed by atoms with Gasteiger partial charge in [0.05, 0.1) is 16.9 Å². The van der Waals surface area contributed by atoms with Crippen LogP contribution < -0.4 is 16.8 Å². The fourth-order valence-corrected chi connectivity index (χ4v) is 1.65. The van der Waals surface area contributed by atoms with E-state index in [2.05, 4.69) is 12.2 Å². The predicted molar refractivity (Wildman–Crippen MR) is 60.6 cm³/mol. The first-order chi connectivity index (χ1) is 7.09. The van der Waals surface area contributed by atoms with Gasteiger partial charge in [0.15, 0.2) is 0 Å². The van der Waals surface area contributed by atoms with Gasteiger partial charge in [0.25, 0.3) is 5.91 Å². The van der Waals surface area contributed by atoms with E-state index < -0.39 is 5.91 Å². The van der Waals surface area contributed by atoms with Crippen LogP contribution in [0.15, 0.2) is 18.2 Å². The Morgan fingerprint density at radius 1 is 1.53 bits per heavy atom. The molecule has 2 atom stereocenters. The Morgan fingerprint density at radius 3 is 2.73 bits per heavy atom. The standard InChI is InChI=1S/C11H15N3O/c1-6-5-9(6)14-10-7(11(13)15)3-2-4-8(10)12/h2-4,6,9,14H,5,12H2,1H3,(H2,13,15). The Bertz CT molecular complexity index is 403. The van der Waals surface area contributed by atoms with E-state index in [0.29, 0.717) is 28.9 Å². The van der Waals surface area contributed by atoms with E-state index in [9.17, 15) is 4.79 Å². The van der Waals surface area contributed by atoms with Gasteiger partial charge in [0, 0.05) is 6.04 Å². The summed E-state index contributed by atoms with van der Waals surface area (Å²) in [5.41, 5.74) is 12.8. The fraction of sp³-hybridized carbons (Fsp3) is 0.364. The van der Waals surface area contributed by atoms with Crippen molar-refractivity contribution in [3.8, 4) is 0 Å². The Labute approximate surface area is 88.6 Å². The first kappa shape index (κ1) is 9.83. The van der Waals surface area contributed by atoms with Crippen LogP contribution in [0.25, 0.3) is 0 Å². The first-order valence-electron chi connectivity index (χ1n) is 5.04. The zero-order valence-electron chi connectivity index (χ0n) is 8.66. The largest absolute Gasteiger partial charge is 0.397 e. The van der Waals surface area contributed by atoms with Crippen LogP contribution in [0.1, 0.15) is 23.7 Å². The summed E-state index contributed by atoms with van der Waals surface area (Å²) in [6.45, 7) is 2.15. The molecular formula is C11H15N3O. The van der Waals surface area contributed by atoms with Crippen LogP contribution in [0, 0.1) is 5.92 Å². The smallest absolute Gasteiger partial charge is 0.250 e. The van der Waals surface area contributed by atoms with E-state index in [1.54, 1.807) is 18.2 Å². The minimum Gasteiger partial charge on any atom is -0.397 e. The van der Waals surface area contributed by atoms with Gasteiger partial charge in [-0.25, -0.2) is 0 Å².